The summed E-state index contributed by atoms with van der Waals surface area (Å²) in [4.78, 5) is 39.5. The van der Waals surface area contributed by atoms with Crippen LogP contribution in [0.2, 0.25) is 0 Å². The van der Waals surface area contributed by atoms with E-state index in [-0.39, 0.29) is 36.6 Å². The number of ketones is 1. The number of hydrogen-bond acceptors (Lipinski definition) is 7. The number of rotatable bonds is 5. The van der Waals surface area contributed by atoms with Gasteiger partial charge in [0.15, 0.2) is 5.78 Å². The van der Waals surface area contributed by atoms with Crippen molar-refractivity contribution in [3.63, 3.8) is 0 Å². The SMILES string of the molecule is CC(=O)N(N)C1C=C(c2c(Nc3ccccc3)c3c(n2N)CN(C(=O)C2CC2)CC3=O)C=CN1. The molecule has 176 valence electrons. The van der Waals surface area contributed by atoms with E-state index in [2.05, 4.69) is 10.6 Å². The first-order chi connectivity index (χ1) is 16.3. The van der Waals surface area contributed by atoms with Crippen molar-refractivity contribution in [1.29, 1.82) is 0 Å². The van der Waals surface area contributed by atoms with Crippen molar-refractivity contribution in [1.82, 2.24) is 19.9 Å². The standard InChI is InChI=1S/C24H27N7O3/c1-14(32)30(25)20-11-16(9-10-27-20)23-22(28-17-5-3-2-4-6-17)21-18(31(23)26)12-29(13-19(21)33)24(34)15-7-8-15/h2-6,9-11,15,20,27-28H,7-8,12-13,25-26H2,1H3. The average Bonchev–Trinajstić information content (AvgIpc) is 3.64. The summed E-state index contributed by atoms with van der Waals surface area (Å²) in [6.07, 6.45) is 6.42. The number of hydrazine groups is 1. The second-order valence-corrected chi connectivity index (χ2v) is 8.79. The number of nitrogen functional groups attached to an aromatic ring is 1. The molecule has 6 N–H and O–H groups in total. The first-order valence-electron chi connectivity index (χ1n) is 11.2. The molecule has 1 aliphatic carbocycles. The van der Waals surface area contributed by atoms with Gasteiger partial charge < -0.3 is 21.4 Å². The van der Waals surface area contributed by atoms with Crippen molar-refractivity contribution in [2.45, 2.75) is 32.5 Å². The molecular formula is C24H27N7O3. The van der Waals surface area contributed by atoms with Crippen LogP contribution < -0.4 is 22.3 Å². The normalized spacial score (nSPS) is 19.2. The number of dihydropyridines is 1. The van der Waals surface area contributed by atoms with E-state index in [0.29, 0.717) is 28.2 Å². The number of benzene rings is 1. The second-order valence-electron chi connectivity index (χ2n) is 8.79. The van der Waals surface area contributed by atoms with E-state index < -0.39 is 6.17 Å². The van der Waals surface area contributed by atoms with Crippen molar-refractivity contribution < 1.29 is 14.4 Å². The Morgan fingerprint density at radius 1 is 1.18 bits per heavy atom. The summed E-state index contributed by atoms with van der Waals surface area (Å²) in [6, 6.07) is 9.48. The number of nitrogens with two attached hydrogens (primary N) is 2. The third-order valence-corrected chi connectivity index (χ3v) is 6.35. The highest BCUT2D eigenvalue weighted by atomic mass is 16.2. The van der Waals surface area contributed by atoms with Crippen molar-refractivity contribution in [3.05, 3.63) is 65.6 Å². The summed E-state index contributed by atoms with van der Waals surface area (Å²) in [7, 11) is 0. The van der Waals surface area contributed by atoms with Crippen LogP contribution in [0, 0.1) is 5.92 Å². The Morgan fingerprint density at radius 2 is 1.91 bits per heavy atom. The van der Waals surface area contributed by atoms with E-state index >= 15 is 0 Å². The lowest BCUT2D eigenvalue weighted by molar-refractivity contribution is -0.133. The first-order valence-corrected chi connectivity index (χ1v) is 11.2. The average molecular weight is 462 g/mol. The van der Waals surface area contributed by atoms with E-state index in [1.165, 1.54) is 11.6 Å². The molecule has 2 aliphatic heterocycles. The van der Waals surface area contributed by atoms with Crippen LogP contribution in [-0.2, 0) is 16.1 Å². The number of anilines is 2. The number of nitrogens with zero attached hydrogens (tertiary/aromatic N) is 3. The Morgan fingerprint density at radius 3 is 2.59 bits per heavy atom. The van der Waals surface area contributed by atoms with Crippen LogP contribution in [0.1, 0.15) is 41.5 Å². The Hall–Kier alpha value is -4.05. The smallest absolute Gasteiger partial charge is 0.235 e. The molecule has 1 fully saturated rings. The Labute approximate surface area is 196 Å². The highest BCUT2D eigenvalue weighted by Crippen LogP contribution is 2.39. The number of allylic oxidation sites excluding steroid dienone is 2. The van der Waals surface area contributed by atoms with Crippen molar-refractivity contribution in [2.24, 2.45) is 11.8 Å². The van der Waals surface area contributed by atoms with Crippen LogP contribution in [0.3, 0.4) is 0 Å². The molecule has 2 amide bonds. The maximum absolute atomic E-state index is 13.3. The van der Waals surface area contributed by atoms with Crippen LogP contribution >= 0.6 is 0 Å². The number of para-hydroxylation sites is 1. The lowest BCUT2D eigenvalue weighted by Gasteiger charge is -2.27. The zero-order valence-corrected chi connectivity index (χ0v) is 18.8. The lowest BCUT2D eigenvalue weighted by atomic mass is 10.0. The highest BCUT2D eigenvalue weighted by Gasteiger charge is 2.40. The number of Topliss-reactive ketones (excluding diaryl/α,β-unsaturated/α-hetero) is 1. The minimum absolute atomic E-state index is 0.000548. The molecule has 3 aliphatic rings. The third kappa shape index (κ3) is 3.81. The molecular weight excluding hydrogens is 434 g/mol. The second kappa shape index (κ2) is 8.38. The number of carbonyl (C=O) groups excluding carboxylic acids is 3. The zero-order valence-electron chi connectivity index (χ0n) is 18.8. The Bertz CT molecular complexity index is 1230. The van der Waals surface area contributed by atoms with E-state index in [4.69, 9.17) is 11.7 Å². The molecule has 0 saturated heterocycles. The maximum Gasteiger partial charge on any atom is 0.235 e. The molecule has 0 spiro atoms. The molecule has 3 heterocycles. The minimum atomic E-state index is -0.586. The van der Waals surface area contributed by atoms with Crippen LogP contribution in [0.4, 0.5) is 11.4 Å². The summed E-state index contributed by atoms with van der Waals surface area (Å²) in [5, 5.41) is 7.48. The molecule has 5 rings (SSSR count). The van der Waals surface area contributed by atoms with Crippen molar-refractivity contribution in [2.75, 3.05) is 17.7 Å². The summed E-state index contributed by atoms with van der Waals surface area (Å²) in [5.74, 6) is 12.0. The largest absolute Gasteiger partial charge is 0.367 e. The van der Waals surface area contributed by atoms with Crippen molar-refractivity contribution >= 4 is 34.5 Å². The van der Waals surface area contributed by atoms with Gasteiger partial charge in [0.2, 0.25) is 11.8 Å². The maximum atomic E-state index is 13.3. The number of carbonyl (C=O) groups is 3. The van der Waals surface area contributed by atoms with Gasteiger partial charge in [0.25, 0.3) is 0 Å². The van der Waals surface area contributed by atoms with Crippen LogP contribution in [0.5, 0.6) is 0 Å². The quantitative estimate of drug-likeness (QED) is 0.300. The Balaban J connectivity index is 1.61. The van der Waals surface area contributed by atoms with Gasteiger partial charge in [-0.1, -0.05) is 18.2 Å². The van der Waals surface area contributed by atoms with Gasteiger partial charge in [-0.05, 0) is 43.3 Å². The fraction of sp³-hybridized carbons (Fsp3) is 0.292. The van der Waals surface area contributed by atoms with E-state index in [9.17, 15) is 14.4 Å². The molecule has 0 bridgehead atoms. The van der Waals surface area contributed by atoms with Crippen LogP contribution in [-0.4, -0.2) is 44.9 Å². The summed E-state index contributed by atoms with van der Waals surface area (Å²) in [5.41, 5.74) is 3.66. The predicted octanol–water partition coefficient (Wildman–Crippen LogP) is 1.43. The predicted molar refractivity (Wildman–Crippen MR) is 128 cm³/mol. The molecule has 2 aromatic rings. The minimum Gasteiger partial charge on any atom is -0.367 e. The molecule has 1 aromatic carbocycles. The number of aromatic nitrogens is 1. The van der Waals surface area contributed by atoms with Gasteiger partial charge in [-0.2, -0.15) is 0 Å². The monoisotopic (exact) mass is 461 g/mol. The Kier molecular flexibility index (Phi) is 5.37. The topological polar surface area (TPSA) is 139 Å². The summed E-state index contributed by atoms with van der Waals surface area (Å²) in [6.45, 7) is 1.66. The van der Waals surface area contributed by atoms with E-state index in [1.54, 1.807) is 17.2 Å². The van der Waals surface area contributed by atoms with Crippen LogP contribution in [0.15, 0.2) is 48.7 Å². The molecule has 0 radical (unpaired) electrons. The summed E-state index contributed by atoms with van der Waals surface area (Å²) >= 11 is 0. The number of nitrogens with one attached hydrogen (secondary N) is 2. The van der Waals surface area contributed by atoms with E-state index in [0.717, 1.165) is 23.5 Å². The van der Waals surface area contributed by atoms with Crippen LogP contribution in [0.25, 0.3) is 5.57 Å². The molecule has 10 nitrogen and oxygen atoms in total. The van der Waals surface area contributed by atoms with Gasteiger partial charge in [0, 0.05) is 24.1 Å². The molecule has 10 heteroatoms. The van der Waals surface area contributed by atoms with Gasteiger partial charge in [-0.15, -0.1) is 0 Å². The molecule has 1 saturated carbocycles. The van der Waals surface area contributed by atoms with E-state index in [1.807, 2.05) is 36.4 Å². The summed E-state index contributed by atoms with van der Waals surface area (Å²) < 4.78 is 1.47. The first kappa shape index (κ1) is 21.8. The fourth-order valence-corrected chi connectivity index (χ4v) is 4.42. The number of amides is 2. The zero-order chi connectivity index (χ0) is 24.0. The molecule has 1 aromatic heterocycles. The molecule has 1 unspecified atom stereocenters. The third-order valence-electron chi connectivity index (χ3n) is 6.35. The van der Waals surface area contributed by atoms with Crippen molar-refractivity contribution in [3.8, 4) is 0 Å². The number of hydrogen-bond donors (Lipinski definition) is 4. The lowest BCUT2D eigenvalue weighted by Crippen LogP contribution is -2.50. The molecule has 1 atom stereocenters. The molecule has 34 heavy (non-hydrogen) atoms. The van der Waals surface area contributed by atoms with Gasteiger partial charge in [-0.25, -0.2) is 5.84 Å². The highest BCUT2D eigenvalue weighted by molar-refractivity contribution is 6.09. The van der Waals surface area contributed by atoms with Gasteiger partial charge >= 0.3 is 0 Å². The van der Waals surface area contributed by atoms with Gasteiger partial charge in [0.05, 0.1) is 35.7 Å². The fourth-order valence-electron chi connectivity index (χ4n) is 4.42. The van der Waals surface area contributed by atoms with Gasteiger partial charge in [-0.3, -0.25) is 24.1 Å². The number of fused-ring (bicyclic) bond motifs is 1. The van der Waals surface area contributed by atoms with Gasteiger partial charge in [0.1, 0.15) is 6.17 Å².